The Morgan fingerprint density at radius 3 is 2.45 bits per heavy atom. The Labute approximate surface area is 122 Å². The van der Waals surface area contributed by atoms with Crippen LogP contribution in [0.4, 0.5) is 5.82 Å². The van der Waals surface area contributed by atoms with Crippen LogP contribution in [0.3, 0.4) is 0 Å². The van der Waals surface area contributed by atoms with Crippen LogP contribution >= 0.6 is 11.6 Å². The molecule has 100 valence electrons. The van der Waals surface area contributed by atoms with Crippen LogP contribution in [-0.4, -0.2) is 9.97 Å². The number of anilines is 1. The fourth-order valence-corrected chi connectivity index (χ4v) is 2.47. The second-order valence-electron chi connectivity index (χ2n) is 4.84. The Morgan fingerprint density at radius 2 is 1.65 bits per heavy atom. The standard InChI is InChI=1S/C16H14ClN3/c1-9-5-3-7-11(13(9)17)16-19-14-10(2)6-4-8-12(14)15(18)20-16/h3-8H,1-2H3,(H2,18,19,20). The summed E-state index contributed by atoms with van der Waals surface area (Å²) in [5.74, 6) is 1.05. The molecule has 1 aromatic heterocycles. The van der Waals surface area contributed by atoms with Crippen molar-refractivity contribution in [2.24, 2.45) is 0 Å². The van der Waals surface area contributed by atoms with Gasteiger partial charge in [-0.15, -0.1) is 0 Å². The molecule has 0 saturated carbocycles. The van der Waals surface area contributed by atoms with Gasteiger partial charge in [0.25, 0.3) is 0 Å². The molecule has 0 amide bonds. The van der Waals surface area contributed by atoms with Gasteiger partial charge < -0.3 is 5.73 Å². The van der Waals surface area contributed by atoms with Gasteiger partial charge in [0.05, 0.1) is 10.5 Å². The van der Waals surface area contributed by atoms with Gasteiger partial charge >= 0.3 is 0 Å². The third kappa shape index (κ3) is 2.00. The van der Waals surface area contributed by atoms with Crippen molar-refractivity contribution >= 4 is 28.3 Å². The first kappa shape index (κ1) is 12.9. The second-order valence-corrected chi connectivity index (χ2v) is 5.22. The van der Waals surface area contributed by atoms with Gasteiger partial charge in [0.2, 0.25) is 0 Å². The number of nitrogens with zero attached hydrogens (tertiary/aromatic N) is 2. The maximum Gasteiger partial charge on any atom is 0.163 e. The average Bonchev–Trinajstić information content (AvgIpc) is 2.43. The van der Waals surface area contributed by atoms with E-state index in [1.165, 1.54) is 0 Å². The highest BCUT2D eigenvalue weighted by Gasteiger charge is 2.12. The number of fused-ring (bicyclic) bond motifs is 1. The molecule has 3 aromatic rings. The molecule has 0 bridgehead atoms. The number of benzene rings is 2. The number of rotatable bonds is 1. The molecule has 0 atom stereocenters. The fraction of sp³-hybridized carbons (Fsp3) is 0.125. The largest absolute Gasteiger partial charge is 0.383 e. The van der Waals surface area contributed by atoms with E-state index < -0.39 is 0 Å². The monoisotopic (exact) mass is 283 g/mol. The van der Waals surface area contributed by atoms with Crippen LogP contribution in [0, 0.1) is 13.8 Å². The summed E-state index contributed by atoms with van der Waals surface area (Å²) in [4.78, 5) is 9.03. The summed E-state index contributed by atoms with van der Waals surface area (Å²) < 4.78 is 0. The average molecular weight is 284 g/mol. The van der Waals surface area contributed by atoms with Crippen LogP contribution in [0.1, 0.15) is 11.1 Å². The van der Waals surface area contributed by atoms with Crippen LogP contribution in [-0.2, 0) is 0 Å². The molecule has 0 fully saturated rings. The molecule has 0 unspecified atom stereocenters. The van der Waals surface area contributed by atoms with E-state index in [1.54, 1.807) is 0 Å². The van der Waals surface area contributed by atoms with Gasteiger partial charge in [-0.3, -0.25) is 0 Å². The third-order valence-electron chi connectivity index (χ3n) is 3.39. The molecular formula is C16H14ClN3. The zero-order chi connectivity index (χ0) is 14.3. The maximum absolute atomic E-state index is 6.35. The minimum absolute atomic E-state index is 0.478. The summed E-state index contributed by atoms with van der Waals surface area (Å²) in [5.41, 5.74) is 9.80. The zero-order valence-corrected chi connectivity index (χ0v) is 12.1. The number of nitrogen functional groups attached to an aromatic ring is 1. The molecule has 0 aliphatic carbocycles. The van der Waals surface area contributed by atoms with Crippen molar-refractivity contribution in [3.8, 4) is 11.4 Å². The minimum atomic E-state index is 0.478. The summed E-state index contributed by atoms with van der Waals surface area (Å²) in [7, 11) is 0. The first-order valence-electron chi connectivity index (χ1n) is 6.36. The molecule has 20 heavy (non-hydrogen) atoms. The van der Waals surface area contributed by atoms with Crippen LogP contribution in [0.15, 0.2) is 36.4 Å². The van der Waals surface area contributed by atoms with Crippen LogP contribution in [0.2, 0.25) is 5.02 Å². The number of nitrogens with two attached hydrogens (primary N) is 1. The molecule has 0 aliphatic rings. The molecule has 0 saturated heterocycles. The highest BCUT2D eigenvalue weighted by Crippen LogP contribution is 2.31. The number of hydrogen-bond donors (Lipinski definition) is 1. The normalized spacial score (nSPS) is 10.9. The first-order valence-corrected chi connectivity index (χ1v) is 6.74. The lowest BCUT2D eigenvalue weighted by molar-refractivity contribution is 1.22. The predicted octanol–water partition coefficient (Wildman–Crippen LogP) is 4.15. The lowest BCUT2D eigenvalue weighted by Crippen LogP contribution is -1.99. The summed E-state index contributed by atoms with van der Waals surface area (Å²) in [6.45, 7) is 3.97. The zero-order valence-electron chi connectivity index (χ0n) is 11.3. The van der Waals surface area contributed by atoms with Crippen molar-refractivity contribution < 1.29 is 0 Å². The molecule has 0 spiro atoms. The van der Waals surface area contributed by atoms with Crippen LogP contribution in [0.25, 0.3) is 22.3 Å². The van der Waals surface area contributed by atoms with Crippen molar-refractivity contribution in [3.63, 3.8) is 0 Å². The molecule has 1 heterocycles. The lowest BCUT2D eigenvalue weighted by Gasteiger charge is -2.09. The maximum atomic E-state index is 6.35. The number of para-hydroxylation sites is 1. The van der Waals surface area contributed by atoms with Gasteiger partial charge in [-0.25, -0.2) is 9.97 Å². The molecule has 3 nitrogen and oxygen atoms in total. The van der Waals surface area contributed by atoms with Gasteiger partial charge in [-0.1, -0.05) is 35.9 Å². The summed E-state index contributed by atoms with van der Waals surface area (Å²) in [6, 6.07) is 11.7. The van der Waals surface area contributed by atoms with Gasteiger partial charge in [0.15, 0.2) is 5.82 Å². The van der Waals surface area contributed by atoms with E-state index in [1.807, 2.05) is 50.2 Å². The van der Waals surface area contributed by atoms with E-state index in [-0.39, 0.29) is 0 Å². The van der Waals surface area contributed by atoms with E-state index >= 15 is 0 Å². The van der Waals surface area contributed by atoms with E-state index in [4.69, 9.17) is 17.3 Å². The molecule has 2 N–H and O–H groups in total. The quantitative estimate of drug-likeness (QED) is 0.730. The lowest BCUT2D eigenvalue weighted by atomic mass is 10.1. The molecule has 0 radical (unpaired) electrons. The van der Waals surface area contributed by atoms with Gasteiger partial charge in [0, 0.05) is 10.9 Å². The first-order chi connectivity index (χ1) is 9.58. The Hall–Kier alpha value is -2.13. The molecule has 4 heteroatoms. The Morgan fingerprint density at radius 1 is 0.950 bits per heavy atom. The fourth-order valence-electron chi connectivity index (χ4n) is 2.26. The molecule has 2 aromatic carbocycles. The van der Waals surface area contributed by atoms with Crippen molar-refractivity contribution in [3.05, 3.63) is 52.5 Å². The minimum Gasteiger partial charge on any atom is -0.383 e. The van der Waals surface area contributed by atoms with Crippen molar-refractivity contribution in [2.45, 2.75) is 13.8 Å². The number of halogens is 1. The van der Waals surface area contributed by atoms with Crippen molar-refractivity contribution in [1.82, 2.24) is 9.97 Å². The van der Waals surface area contributed by atoms with Gasteiger partial charge in [-0.05, 0) is 37.1 Å². The van der Waals surface area contributed by atoms with E-state index in [0.717, 1.165) is 27.6 Å². The topological polar surface area (TPSA) is 51.8 Å². The van der Waals surface area contributed by atoms with Crippen molar-refractivity contribution in [1.29, 1.82) is 0 Å². The van der Waals surface area contributed by atoms with Crippen LogP contribution < -0.4 is 5.73 Å². The number of aromatic nitrogens is 2. The third-order valence-corrected chi connectivity index (χ3v) is 3.89. The SMILES string of the molecule is Cc1cccc(-c2nc(N)c3cccc(C)c3n2)c1Cl. The highest BCUT2D eigenvalue weighted by molar-refractivity contribution is 6.34. The smallest absolute Gasteiger partial charge is 0.163 e. The molecule has 0 aliphatic heterocycles. The van der Waals surface area contributed by atoms with E-state index in [0.29, 0.717) is 16.7 Å². The summed E-state index contributed by atoms with van der Waals surface area (Å²) >= 11 is 6.35. The molecular weight excluding hydrogens is 270 g/mol. The number of hydrogen-bond acceptors (Lipinski definition) is 3. The number of aryl methyl sites for hydroxylation is 2. The van der Waals surface area contributed by atoms with E-state index in [2.05, 4.69) is 9.97 Å². The van der Waals surface area contributed by atoms with Crippen molar-refractivity contribution in [2.75, 3.05) is 5.73 Å². The van der Waals surface area contributed by atoms with Gasteiger partial charge in [0.1, 0.15) is 5.82 Å². The van der Waals surface area contributed by atoms with Gasteiger partial charge in [-0.2, -0.15) is 0 Å². The highest BCUT2D eigenvalue weighted by atomic mass is 35.5. The molecule has 3 rings (SSSR count). The van der Waals surface area contributed by atoms with Crippen LogP contribution in [0.5, 0.6) is 0 Å². The Balaban J connectivity index is 2.33. The Bertz CT molecular complexity index is 812. The van der Waals surface area contributed by atoms with E-state index in [9.17, 15) is 0 Å². The predicted molar refractivity (Wildman–Crippen MR) is 83.9 cm³/mol. The summed E-state index contributed by atoms with van der Waals surface area (Å²) in [5, 5.41) is 1.54. The Kier molecular flexibility index (Phi) is 3.07. The summed E-state index contributed by atoms with van der Waals surface area (Å²) in [6.07, 6.45) is 0. The second kappa shape index (κ2) is 4.76.